The van der Waals surface area contributed by atoms with Crippen molar-refractivity contribution in [1.29, 1.82) is 0 Å². The number of carbonyl (C=O) groups excluding carboxylic acids is 2. The average Bonchev–Trinajstić information content (AvgIpc) is 2.56. The SMILES string of the molecule is CCOC(=O)C=C1C(=O)Nc2ccc(C)cc21. The van der Waals surface area contributed by atoms with Crippen molar-refractivity contribution >= 4 is 23.1 Å². The van der Waals surface area contributed by atoms with Crippen molar-refractivity contribution < 1.29 is 14.3 Å². The Morgan fingerprint density at radius 2 is 2.24 bits per heavy atom. The number of ether oxygens (including phenoxy) is 1. The molecule has 88 valence electrons. The Labute approximate surface area is 99.3 Å². The second kappa shape index (κ2) is 4.41. The van der Waals surface area contributed by atoms with Gasteiger partial charge in [-0.05, 0) is 26.0 Å². The van der Waals surface area contributed by atoms with Crippen molar-refractivity contribution in [2.24, 2.45) is 0 Å². The molecule has 1 heterocycles. The van der Waals surface area contributed by atoms with Crippen LogP contribution in [0, 0.1) is 6.92 Å². The predicted molar refractivity (Wildman–Crippen MR) is 64.4 cm³/mol. The standard InChI is InChI=1S/C13H13NO3/c1-3-17-12(15)7-10-9-6-8(2)4-5-11(9)14-13(10)16/h4-7H,3H2,1-2H3,(H,14,16). The van der Waals surface area contributed by atoms with Gasteiger partial charge in [0.15, 0.2) is 0 Å². The van der Waals surface area contributed by atoms with Gasteiger partial charge >= 0.3 is 5.97 Å². The number of anilines is 1. The second-order valence-electron chi connectivity index (χ2n) is 3.81. The van der Waals surface area contributed by atoms with Crippen molar-refractivity contribution in [1.82, 2.24) is 0 Å². The average molecular weight is 231 g/mol. The molecular weight excluding hydrogens is 218 g/mol. The number of carbonyl (C=O) groups is 2. The maximum absolute atomic E-state index is 11.7. The molecule has 1 aromatic carbocycles. The van der Waals surface area contributed by atoms with Gasteiger partial charge in [0.05, 0.1) is 12.2 Å². The molecule has 1 amide bonds. The van der Waals surface area contributed by atoms with E-state index in [0.717, 1.165) is 16.8 Å². The van der Waals surface area contributed by atoms with E-state index in [-0.39, 0.29) is 5.91 Å². The molecule has 1 aromatic rings. The summed E-state index contributed by atoms with van der Waals surface area (Å²) < 4.78 is 4.80. The van der Waals surface area contributed by atoms with Crippen LogP contribution >= 0.6 is 0 Å². The highest BCUT2D eigenvalue weighted by Crippen LogP contribution is 2.32. The van der Waals surface area contributed by atoms with Crippen LogP contribution in [0.3, 0.4) is 0 Å². The summed E-state index contributed by atoms with van der Waals surface area (Å²) in [5.41, 5.74) is 2.89. The van der Waals surface area contributed by atoms with Crippen LogP contribution < -0.4 is 5.32 Å². The van der Waals surface area contributed by atoms with Crippen LogP contribution in [0.2, 0.25) is 0 Å². The van der Waals surface area contributed by atoms with E-state index in [1.807, 2.05) is 25.1 Å². The molecule has 17 heavy (non-hydrogen) atoms. The minimum Gasteiger partial charge on any atom is -0.463 e. The molecule has 1 aliphatic heterocycles. The third kappa shape index (κ3) is 2.20. The summed E-state index contributed by atoms with van der Waals surface area (Å²) in [6.07, 6.45) is 1.24. The summed E-state index contributed by atoms with van der Waals surface area (Å²) in [5, 5.41) is 2.71. The largest absolute Gasteiger partial charge is 0.463 e. The number of fused-ring (bicyclic) bond motifs is 1. The van der Waals surface area contributed by atoms with Crippen molar-refractivity contribution in [2.45, 2.75) is 13.8 Å². The smallest absolute Gasteiger partial charge is 0.331 e. The van der Waals surface area contributed by atoms with Crippen LogP contribution in [0.25, 0.3) is 5.57 Å². The van der Waals surface area contributed by atoms with Gasteiger partial charge in [0, 0.05) is 17.3 Å². The number of nitrogens with one attached hydrogen (secondary N) is 1. The predicted octanol–water partition coefficient (Wildman–Crippen LogP) is 1.89. The van der Waals surface area contributed by atoms with Crippen molar-refractivity contribution in [2.75, 3.05) is 11.9 Å². The summed E-state index contributed by atoms with van der Waals surface area (Å²) in [6.45, 7) is 3.96. The van der Waals surface area contributed by atoms with Gasteiger partial charge in [-0.1, -0.05) is 11.6 Å². The van der Waals surface area contributed by atoms with E-state index in [4.69, 9.17) is 4.74 Å². The van der Waals surface area contributed by atoms with Crippen LogP contribution in [0.5, 0.6) is 0 Å². The van der Waals surface area contributed by atoms with Crippen LogP contribution in [0.15, 0.2) is 24.3 Å². The quantitative estimate of drug-likeness (QED) is 0.624. The molecule has 0 aromatic heterocycles. The minimum atomic E-state index is -0.494. The summed E-state index contributed by atoms with van der Waals surface area (Å²) in [5.74, 6) is -0.759. The lowest BCUT2D eigenvalue weighted by molar-refractivity contribution is -0.137. The molecule has 1 aliphatic rings. The zero-order valence-electron chi connectivity index (χ0n) is 9.74. The van der Waals surface area contributed by atoms with E-state index in [2.05, 4.69) is 5.32 Å². The second-order valence-corrected chi connectivity index (χ2v) is 3.81. The highest BCUT2D eigenvalue weighted by Gasteiger charge is 2.24. The molecule has 0 bridgehead atoms. The van der Waals surface area contributed by atoms with Crippen LogP contribution in [-0.2, 0) is 14.3 Å². The first-order chi connectivity index (χ1) is 8.11. The molecule has 2 rings (SSSR count). The maximum atomic E-state index is 11.7. The lowest BCUT2D eigenvalue weighted by Gasteiger charge is -2.00. The number of hydrogen-bond acceptors (Lipinski definition) is 3. The van der Waals surface area contributed by atoms with E-state index < -0.39 is 5.97 Å². The number of aryl methyl sites for hydroxylation is 1. The van der Waals surface area contributed by atoms with Gasteiger partial charge in [0.1, 0.15) is 0 Å². The van der Waals surface area contributed by atoms with Gasteiger partial charge in [-0.25, -0.2) is 4.79 Å². The minimum absolute atomic E-state index is 0.265. The lowest BCUT2D eigenvalue weighted by Crippen LogP contribution is -2.07. The molecule has 0 radical (unpaired) electrons. The highest BCUT2D eigenvalue weighted by atomic mass is 16.5. The van der Waals surface area contributed by atoms with Gasteiger partial charge in [-0.2, -0.15) is 0 Å². The van der Waals surface area contributed by atoms with Crippen LogP contribution in [-0.4, -0.2) is 18.5 Å². The molecule has 4 nitrogen and oxygen atoms in total. The fourth-order valence-electron chi connectivity index (χ4n) is 1.75. The first kappa shape index (κ1) is 11.4. The number of amides is 1. The summed E-state index contributed by atoms with van der Waals surface area (Å²) in [6, 6.07) is 5.61. The fourth-order valence-corrected chi connectivity index (χ4v) is 1.75. The molecule has 0 spiro atoms. The van der Waals surface area contributed by atoms with Crippen molar-refractivity contribution in [3.8, 4) is 0 Å². The number of benzene rings is 1. The van der Waals surface area contributed by atoms with Crippen LogP contribution in [0.1, 0.15) is 18.1 Å². The fraction of sp³-hybridized carbons (Fsp3) is 0.231. The third-order valence-electron chi connectivity index (χ3n) is 2.51. The molecule has 4 heteroatoms. The molecule has 0 atom stereocenters. The molecule has 1 N–H and O–H groups in total. The van der Waals surface area contributed by atoms with Gasteiger partial charge < -0.3 is 10.1 Å². The zero-order chi connectivity index (χ0) is 12.4. The van der Waals surface area contributed by atoms with Crippen molar-refractivity contribution in [3.05, 3.63) is 35.4 Å². The van der Waals surface area contributed by atoms with Gasteiger partial charge in [0.25, 0.3) is 5.91 Å². The summed E-state index contributed by atoms with van der Waals surface area (Å²) in [4.78, 5) is 23.1. The van der Waals surface area contributed by atoms with E-state index >= 15 is 0 Å². The Bertz CT molecular complexity index is 517. The zero-order valence-corrected chi connectivity index (χ0v) is 9.74. The molecule has 0 saturated heterocycles. The van der Waals surface area contributed by atoms with Crippen LogP contribution in [0.4, 0.5) is 5.69 Å². The van der Waals surface area contributed by atoms with E-state index in [0.29, 0.717) is 12.2 Å². The van der Waals surface area contributed by atoms with Gasteiger partial charge in [0.2, 0.25) is 0 Å². The molecule has 0 saturated carbocycles. The normalized spacial score (nSPS) is 15.6. The Hall–Kier alpha value is -2.10. The first-order valence-corrected chi connectivity index (χ1v) is 5.42. The first-order valence-electron chi connectivity index (χ1n) is 5.42. The summed E-state index contributed by atoms with van der Waals surface area (Å²) in [7, 11) is 0. The molecule has 0 aliphatic carbocycles. The van der Waals surface area contributed by atoms with E-state index in [1.54, 1.807) is 6.92 Å². The lowest BCUT2D eigenvalue weighted by atomic mass is 10.0. The molecule has 0 fully saturated rings. The molecule has 0 unspecified atom stereocenters. The molecular formula is C13H13NO3. The summed E-state index contributed by atoms with van der Waals surface area (Å²) >= 11 is 0. The Morgan fingerprint density at radius 3 is 2.94 bits per heavy atom. The topological polar surface area (TPSA) is 55.4 Å². The van der Waals surface area contributed by atoms with Crippen molar-refractivity contribution in [3.63, 3.8) is 0 Å². The third-order valence-corrected chi connectivity index (χ3v) is 2.51. The number of rotatable bonds is 2. The van der Waals surface area contributed by atoms with Gasteiger partial charge in [-0.3, -0.25) is 4.79 Å². The Kier molecular flexibility index (Phi) is 2.95. The number of hydrogen-bond donors (Lipinski definition) is 1. The Morgan fingerprint density at radius 1 is 1.47 bits per heavy atom. The Balaban J connectivity index is 2.40. The van der Waals surface area contributed by atoms with Gasteiger partial charge in [-0.15, -0.1) is 0 Å². The number of esters is 1. The van der Waals surface area contributed by atoms with E-state index in [9.17, 15) is 9.59 Å². The highest BCUT2D eigenvalue weighted by molar-refractivity contribution is 6.33. The van der Waals surface area contributed by atoms with E-state index in [1.165, 1.54) is 6.08 Å². The monoisotopic (exact) mass is 231 g/mol. The maximum Gasteiger partial charge on any atom is 0.331 e.